The highest BCUT2D eigenvalue weighted by molar-refractivity contribution is 7.15. The van der Waals surface area contributed by atoms with Crippen LogP contribution >= 0.6 is 11.3 Å². The molecule has 0 aliphatic heterocycles. The predicted octanol–water partition coefficient (Wildman–Crippen LogP) is 4.95. The molecule has 0 saturated carbocycles. The van der Waals surface area contributed by atoms with E-state index < -0.39 is 0 Å². The van der Waals surface area contributed by atoms with Crippen molar-refractivity contribution in [3.8, 4) is 28.6 Å². The van der Waals surface area contributed by atoms with Gasteiger partial charge in [0.05, 0.1) is 11.1 Å². The molecule has 0 unspecified atom stereocenters. The Morgan fingerprint density at radius 2 is 1.73 bits per heavy atom. The van der Waals surface area contributed by atoms with Crippen LogP contribution in [0.3, 0.4) is 0 Å². The van der Waals surface area contributed by atoms with Crippen molar-refractivity contribution in [2.75, 3.05) is 6.61 Å². The van der Waals surface area contributed by atoms with Gasteiger partial charge >= 0.3 is 0 Å². The van der Waals surface area contributed by atoms with Crippen LogP contribution in [0.1, 0.15) is 18.9 Å². The number of nitrogens with zero attached hydrogens (tertiary/aromatic N) is 3. The molecule has 0 radical (unpaired) electrons. The highest BCUT2D eigenvalue weighted by Crippen LogP contribution is 2.23. The lowest BCUT2D eigenvalue weighted by Gasteiger charge is -2.05. The maximum Gasteiger partial charge on any atom is 0.291 e. The quantitative estimate of drug-likeness (QED) is 0.348. The first-order valence-corrected chi connectivity index (χ1v) is 11.5. The van der Waals surface area contributed by atoms with Crippen LogP contribution in [0.25, 0.3) is 22.4 Å². The average molecular weight is 456 g/mol. The summed E-state index contributed by atoms with van der Waals surface area (Å²) in [7, 11) is 0. The topological polar surface area (TPSA) is 65.7 Å². The molecule has 0 saturated heterocycles. The van der Waals surface area contributed by atoms with E-state index >= 15 is 0 Å². The Morgan fingerprint density at radius 1 is 0.939 bits per heavy atom. The van der Waals surface area contributed by atoms with Crippen molar-refractivity contribution in [1.82, 2.24) is 14.6 Å². The Kier molecular flexibility index (Phi) is 5.87. The number of hydrogen-bond donors (Lipinski definition) is 0. The molecule has 0 amide bonds. The molecule has 0 aliphatic rings. The molecule has 0 aliphatic carbocycles. The summed E-state index contributed by atoms with van der Waals surface area (Å²) in [6.07, 6.45) is 2.79. The number of benzene rings is 3. The molecule has 164 valence electrons. The Bertz CT molecular complexity index is 1490. The van der Waals surface area contributed by atoms with Crippen molar-refractivity contribution < 1.29 is 9.47 Å². The van der Waals surface area contributed by atoms with Crippen LogP contribution in [0.4, 0.5) is 0 Å². The first-order chi connectivity index (χ1) is 16.2. The van der Waals surface area contributed by atoms with Crippen molar-refractivity contribution in [3.05, 3.63) is 99.3 Å². The van der Waals surface area contributed by atoms with E-state index in [-0.39, 0.29) is 5.56 Å². The minimum Gasteiger partial charge on any atom is -0.494 e. The summed E-state index contributed by atoms with van der Waals surface area (Å²) in [5.74, 6) is 2.79. The SMILES string of the molecule is CCCOc1ccc(-c2nc3sc(=Cc4cccc(Oc5ccccc5)c4)c(=O)n3n2)cc1. The molecular formula is C26H21N3O3S. The summed E-state index contributed by atoms with van der Waals surface area (Å²) in [6.45, 7) is 2.75. The molecule has 33 heavy (non-hydrogen) atoms. The number of ether oxygens (including phenoxy) is 2. The van der Waals surface area contributed by atoms with Crippen LogP contribution in [0.15, 0.2) is 83.7 Å². The molecule has 0 bridgehead atoms. The van der Waals surface area contributed by atoms with E-state index in [1.807, 2.05) is 84.9 Å². The van der Waals surface area contributed by atoms with Crippen molar-refractivity contribution in [1.29, 1.82) is 0 Å². The van der Waals surface area contributed by atoms with E-state index in [0.717, 1.165) is 29.0 Å². The lowest BCUT2D eigenvalue weighted by atomic mass is 10.2. The van der Waals surface area contributed by atoms with Gasteiger partial charge in [-0.3, -0.25) is 4.79 Å². The van der Waals surface area contributed by atoms with Crippen molar-refractivity contribution in [2.24, 2.45) is 0 Å². The fourth-order valence-corrected chi connectivity index (χ4v) is 4.23. The Morgan fingerprint density at radius 3 is 2.48 bits per heavy atom. The number of aromatic nitrogens is 3. The summed E-state index contributed by atoms with van der Waals surface area (Å²) < 4.78 is 13.4. The number of para-hydroxylation sites is 1. The zero-order chi connectivity index (χ0) is 22.6. The molecule has 2 heterocycles. The van der Waals surface area contributed by atoms with Crippen LogP contribution in [-0.4, -0.2) is 21.2 Å². The van der Waals surface area contributed by atoms with Crippen molar-refractivity contribution in [2.45, 2.75) is 13.3 Å². The summed E-state index contributed by atoms with van der Waals surface area (Å²) in [6, 6.07) is 24.8. The normalized spacial score (nSPS) is 11.7. The fraction of sp³-hybridized carbons (Fsp3) is 0.115. The lowest BCUT2D eigenvalue weighted by Crippen LogP contribution is -2.23. The third kappa shape index (κ3) is 4.63. The van der Waals surface area contributed by atoms with Gasteiger partial charge in [0.2, 0.25) is 4.96 Å². The summed E-state index contributed by atoms with van der Waals surface area (Å²) >= 11 is 1.31. The molecule has 0 spiro atoms. The molecule has 5 aromatic rings. The van der Waals surface area contributed by atoms with Gasteiger partial charge in [-0.05, 0) is 66.6 Å². The van der Waals surface area contributed by atoms with Gasteiger partial charge in [-0.25, -0.2) is 0 Å². The van der Waals surface area contributed by atoms with Gasteiger partial charge in [0.1, 0.15) is 17.2 Å². The Balaban J connectivity index is 1.41. The fourth-order valence-electron chi connectivity index (χ4n) is 3.32. The molecule has 5 rings (SSSR count). The Labute approximate surface area is 194 Å². The number of fused-ring (bicyclic) bond motifs is 1. The van der Waals surface area contributed by atoms with Crippen LogP contribution in [0.2, 0.25) is 0 Å². The first kappa shape index (κ1) is 20.9. The maximum absolute atomic E-state index is 12.9. The van der Waals surface area contributed by atoms with Gasteiger partial charge in [-0.15, -0.1) is 5.10 Å². The minimum atomic E-state index is -0.189. The Hall–Kier alpha value is -3.97. The predicted molar refractivity (Wildman–Crippen MR) is 130 cm³/mol. The molecule has 0 N–H and O–H groups in total. The van der Waals surface area contributed by atoms with Gasteiger partial charge in [0.15, 0.2) is 5.82 Å². The highest BCUT2D eigenvalue weighted by Gasteiger charge is 2.12. The van der Waals surface area contributed by atoms with Gasteiger partial charge in [-0.2, -0.15) is 9.50 Å². The average Bonchev–Trinajstić information content (AvgIpc) is 3.38. The van der Waals surface area contributed by atoms with Crippen LogP contribution in [-0.2, 0) is 0 Å². The van der Waals surface area contributed by atoms with E-state index in [1.54, 1.807) is 0 Å². The number of hydrogen-bond acceptors (Lipinski definition) is 6. The summed E-state index contributed by atoms with van der Waals surface area (Å²) in [5.41, 5.74) is 1.52. The molecular weight excluding hydrogens is 434 g/mol. The standard InChI is InChI=1S/C26H21N3O3S/c1-2-15-31-20-13-11-19(12-14-20)24-27-26-29(28-24)25(30)23(33-26)17-18-7-6-10-22(16-18)32-21-8-4-3-5-9-21/h3-14,16-17H,2,15H2,1H3. The van der Waals surface area contributed by atoms with E-state index in [4.69, 9.17) is 9.47 Å². The zero-order valence-electron chi connectivity index (χ0n) is 18.0. The van der Waals surface area contributed by atoms with Crippen LogP contribution < -0.4 is 19.6 Å². The van der Waals surface area contributed by atoms with E-state index in [9.17, 15) is 4.79 Å². The second-order valence-electron chi connectivity index (χ2n) is 7.41. The van der Waals surface area contributed by atoms with Crippen molar-refractivity contribution in [3.63, 3.8) is 0 Å². The molecule has 0 fully saturated rings. The zero-order valence-corrected chi connectivity index (χ0v) is 18.8. The van der Waals surface area contributed by atoms with Gasteiger partial charge in [0, 0.05) is 5.56 Å². The highest BCUT2D eigenvalue weighted by atomic mass is 32.1. The minimum absolute atomic E-state index is 0.189. The molecule has 7 heteroatoms. The van der Waals surface area contributed by atoms with Gasteiger partial charge in [-0.1, -0.05) is 48.6 Å². The molecule has 3 aromatic carbocycles. The summed E-state index contributed by atoms with van der Waals surface area (Å²) in [4.78, 5) is 18.0. The second-order valence-corrected chi connectivity index (χ2v) is 8.42. The van der Waals surface area contributed by atoms with Crippen LogP contribution in [0, 0.1) is 0 Å². The van der Waals surface area contributed by atoms with Gasteiger partial charge in [0.25, 0.3) is 5.56 Å². The molecule has 6 nitrogen and oxygen atoms in total. The van der Waals surface area contributed by atoms with Crippen LogP contribution in [0.5, 0.6) is 17.2 Å². The monoisotopic (exact) mass is 455 g/mol. The third-order valence-corrected chi connectivity index (χ3v) is 5.86. The van der Waals surface area contributed by atoms with Crippen molar-refractivity contribution >= 4 is 22.4 Å². The maximum atomic E-state index is 12.9. The first-order valence-electron chi connectivity index (χ1n) is 10.7. The van der Waals surface area contributed by atoms with E-state index in [2.05, 4.69) is 17.0 Å². The molecule has 0 atom stereocenters. The summed E-state index contributed by atoms with van der Waals surface area (Å²) in [5, 5.41) is 4.43. The lowest BCUT2D eigenvalue weighted by molar-refractivity contribution is 0.317. The largest absolute Gasteiger partial charge is 0.494 e. The van der Waals surface area contributed by atoms with Gasteiger partial charge < -0.3 is 9.47 Å². The van der Waals surface area contributed by atoms with E-state index in [1.165, 1.54) is 15.9 Å². The second kappa shape index (κ2) is 9.26. The number of rotatable bonds is 7. The smallest absolute Gasteiger partial charge is 0.291 e. The third-order valence-electron chi connectivity index (χ3n) is 4.90. The van der Waals surface area contributed by atoms with E-state index in [0.29, 0.717) is 27.7 Å². The number of thiazole rings is 1. The molecule has 2 aromatic heterocycles.